The van der Waals surface area contributed by atoms with Crippen molar-refractivity contribution in [1.82, 2.24) is 0 Å². The van der Waals surface area contributed by atoms with Gasteiger partial charge in [0.25, 0.3) is 0 Å². The van der Waals surface area contributed by atoms with Gasteiger partial charge in [0.2, 0.25) is 7.37 Å². The van der Waals surface area contributed by atoms with Crippen LogP contribution in [0, 0.1) is 0 Å². The highest BCUT2D eigenvalue weighted by Gasteiger charge is 2.13. The average Bonchev–Trinajstić information content (AvgIpc) is 2.03. The van der Waals surface area contributed by atoms with Gasteiger partial charge in [-0.2, -0.15) is 0 Å². The van der Waals surface area contributed by atoms with Crippen LogP contribution in [0.3, 0.4) is 0 Å². The Morgan fingerprint density at radius 2 is 1.92 bits per heavy atom. The second-order valence-corrected chi connectivity index (χ2v) is 5.61. The lowest BCUT2D eigenvalue weighted by molar-refractivity contribution is 0.484. The lowest BCUT2D eigenvalue weighted by Crippen LogP contribution is -2.17. The maximum absolute atomic E-state index is 11.1. The third kappa shape index (κ3) is 3.62. The van der Waals surface area contributed by atoms with Crippen molar-refractivity contribution in [2.24, 2.45) is 0 Å². The molecule has 1 N–H and O–H groups in total. The maximum Gasteiger partial charge on any atom is 0.216 e. The fourth-order valence-electron chi connectivity index (χ4n) is 1.16. The molecule has 1 rings (SSSR count). The minimum atomic E-state index is -2.96. The van der Waals surface area contributed by atoms with Crippen molar-refractivity contribution in [3.8, 4) is 0 Å². The number of benzene rings is 1. The molecule has 0 amide bonds. The summed E-state index contributed by atoms with van der Waals surface area (Å²) in [6, 6.07) is 9.56. The molecule has 0 radical (unpaired) electrons. The Balaban J connectivity index is 2.70. The van der Waals surface area contributed by atoms with Crippen LogP contribution in [0.4, 0.5) is 5.69 Å². The summed E-state index contributed by atoms with van der Waals surface area (Å²) in [5.41, 5.74) is 0.957. The first kappa shape index (κ1) is 10.3. The smallest absolute Gasteiger partial charge is 0.216 e. The lowest BCUT2D eigenvalue weighted by Gasteiger charge is -2.20. The number of para-hydroxylation sites is 1. The summed E-state index contributed by atoms with van der Waals surface area (Å²) in [6.07, 6.45) is 0.191. The minimum absolute atomic E-state index is 0.191. The van der Waals surface area contributed by atoms with E-state index in [0.717, 1.165) is 5.69 Å². The van der Waals surface area contributed by atoms with Gasteiger partial charge in [0.15, 0.2) is 0 Å². The molecule has 0 aromatic heterocycles. The van der Waals surface area contributed by atoms with E-state index in [1.807, 2.05) is 37.4 Å². The molecule has 0 heterocycles. The molecule has 0 aliphatic carbocycles. The van der Waals surface area contributed by atoms with Crippen LogP contribution in [0.2, 0.25) is 0 Å². The Kier molecular flexibility index (Phi) is 3.12. The summed E-state index contributed by atoms with van der Waals surface area (Å²) < 4.78 is 11.1. The molecule has 1 unspecified atom stereocenters. The second-order valence-electron chi connectivity index (χ2n) is 3.23. The number of hydrogen-bond acceptors (Lipinski definition) is 2. The van der Waals surface area contributed by atoms with Crippen molar-refractivity contribution in [3.05, 3.63) is 30.3 Å². The molecule has 0 saturated heterocycles. The van der Waals surface area contributed by atoms with Gasteiger partial charge in [-0.15, -0.1) is 0 Å². The van der Waals surface area contributed by atoms with Crippen LogP contribution in [0.25, 0.3) is 0 Å². The zero-order chi connectivity index (χ0) is 9.90. The van der Waals surface area contributed by atoms with Gasteiger partial charge in [0.1, 0.15) is 0 Å². The molecular formula is C9H14NO2P. The Labute approximate surface area is 78.5 Å². The largest absolute Gasteiger partial charge is 0.365 e. The highest BCUT2D eigenvalue weighted by molar-refractivity contribution is 7.57. The van der Waals surface area contributed by atoms with Crippen molar-refractivity contribution in [2.45, 2.75) is 0 Å². The van der Waals surface area contributed by atoms with Crippen LogP contribution < -0.4 is 4.90 Å². The zero-order valence-corrected chi connectivity index (χ0v) is 8.74. The highest BCUT2D eigenvalue weighted by Crippen LogP contribution is 2.36. The van der Waals surface area contributed by atoms with E-state index >= 15 is 0 Å². The first-order valence-corrected chi connectivity index (χ1v) is 6.34. The molecule has 0 bridgehead atoms. The van der Waals surface area contributed by atoms with E-state index < -0.39 is 7.37 Å². The van der Waals surface area contributed by atoms with Gasteiger partial charge in [0, 0.05) is 19.4 Å². The summed E-state index contributed by atoms with van der Waals surface area (Å²) in [7, 11) is -1.15. The van der Waals surface area contributed by atoms with Crippen LogP contribution in [0.1, 0.15) is 0 Å². The quantitative estimate of drug-likeness (QED) is 0.756. The van der Waals surface area contributed by atoms with E-state index in [9.17, 15) is 4.57 Å². The lowest BCUT2D eigenvalue weighted by atomic mass is 10.3. The molecule has 0 spiro atoms. The topological polar surface area (TPSA) is 40.5 Å². The first-order chi connectivity index (χ1) is 5.99. The van der Waals surface area contributed by atoms with Gasteiger partial charge in [-0.25, -0.2) is 0 Å². The van der Waals surface area contributed by atoms with E-state index in [2.05, 4.69) is 0 Å². The van der Waals surface area contributed by atoms with Gasteiger partial charge in [-0.3, -0.25) is 4.57 Å². The van der Waals surface area contributed by atoms with Gasteiger partial charge >= 0.3 is 0 Å². The molecule has 0 saturated carbocycles. The highest BCUT2D eigenvalue weighted by atomic mass is 31.2. The van der Waals surface area contributed by atoms with Crippen molar-refractivity contribution in [1.29, 1.82) is 0 Å². The molecule has 0 aliphatic heterocycles. The van der Waals surface area contributed by atoms with Gasteiger partial charge in [-0.05, 0) is 12.1 Å². The van der Waals surface area contributed by atoms with Gasteiger partial charge in [0.05, 0.1) is 6.29 Å². The monoisotopic (exact) mass is 199 g/mol. The summed E-state index contributed by atoms with van der Waals surface area (Å²) in [6.45, 7) is 1.37. The summed E-state index contributed by atoms with van der Waals surface area (Å²) in [5, 5.41) is 0. The van der Waals surface area contributed by atoms with E-state index in [0.29, 0.717) is 0 Å². The van der Waals surface area contributed by atoms with Crippen molar-refractivity contribution >= 4 is 13.1 Å². The predicted octanol–water partition coefficient (Wildman–Crippen LogP) is 1.98. The van der Waals surface area contributed by atoms with E-state index in [1.165, 1.54) is 6.66 Å². The second kappa shape index (κ2) is 3.95. The third-order valence-corrected chi connectivity index (χ3v) is 2.62. The molecule has 4 heteroatoms. The standard InChI is InChI=1S/C9H14NO2P/c1-10(8-13(2,11)12)9-6-4-3-5-7-9/h3-7H,8H2,1-2H3,(H,11,12). The van der Waals surface area contributed by atoms with Crippen LogP contribution in [0.15, 0.2) is 30.3 Å². The molecule has 3 nitrogen and oxygen atoms in total. The Bertz CT molecular complexity index is 307. The van der Waals surface area contributed by atoms with Crippen LogP contribution in [0.5, 0.6) is 0 Å². The van der Waals surface area contributed by atoms with Crippen molar-refractivity contribution in [3.63, 3.8) is 0 Å². The molecule has 13 heavy (non-hydrogen) atoms. The normalized spacial score (nSPS) is 15.0. The Hall–Kier alpha value is -0.790. The van der Waals surface area contributed by atoms with Crippen LogP contribution >= 0.6 is 7.37 Å². The number of anilines is 1. The van der Waals surface area contributed by atoms with E-state index in [4.69, 9.17) is 4.89 Å². The molecular weight excluding hydrogens is 185 g/mol. The summed E-state index contributed by atoms with van der Waals surface area (Å²) in [4.78, 5) is 10.9. The Morgan fingerprint density at radius 1 is 1.38 bits per heavy atom. The average molecular weight is 199 g/mol. The first-order valence-electron chi connectivity index (χ1n) is 4.04. The van der Waals surface area contributed by atoms with Gasteiger partial charge in [-0.1, -0.05) is 18.2 Å². The van der Waals surface area contributed by atoms with Gasteiger partial charge < -0.3 is 9.79 Å². The minimum Gasteiger partial charge on any atom is -0.365 e. The molecule has 1 atom stereocenters. The Morgan fingerprint density at radius 3 is 2.38 bits per heavy atom. The van der Waals surface area contributed by atoms with Crippen LogP contribution in [-0.2, 0) is 4.57 Å². The number of nitrogens with zero attached hydrogens (tertiary/aromatic N) is 1. The van der Waals surface area contributed by atoms with Crippen molar-refractivity contribution < 1.29 is 9.46 Å². The van der Waals surface area contributed by atoms with Crippen molar-refractivity contribution in [2.75, 3.05) is 24.9 Å². The molecule has 72 valence electrons. The molecule has 1 aromatic rings. The number of hydrogen-bond donors (Lipinski definition) is 1. The fraction of sp³-hybridized carbons (Fsp3) is 0.333. The van der Waals surface area contributed by atoms with E-state index in [1.54, 1.807) is 4.90 Å². The summed E-state index contributed by atoms with van der Waals surface area (Å²) >= 11 is 0. The molecule has 1 aromatic carbocycles. The molecule has 0 aliphatic rings. The third-order valence-electron chi connectivity index (χ3n) is 1.67. The predicted molar refractivity (Wildman–Crippen MR) is 55.5 cm³/mol. The van der Waals surface area contributed by atoms with E-state index in [-0.39, 0.29) is 6.29 Å². The maximum atomic E-state index is 11.1. The van der Waals surface area contributed by atoms with Crippen LogP contribution in [-0.4, -0.2) is 24.9 Å². The SMILES string of the molecule is CN(CP(C)(=O)O)c1ccccc1. The molecule has 0 fully saturated rings. The zero-order valence-electron chi connectivity index (χ0n) is 7.84. The summed E-state index contributed by atoms with van der Waals surface area (Å²) in [5.74, 6) is 0. The fourth-order valence-corrected chi connectivity index (χ4v) is 2.11. The number of rotatable bonds is 3.